The minimum Gasteiger partial charge on any atom is -0.351 e. The predicted molar refractivity (Wildman–Crippen MR) is 116 cm³/mol. The molecule has 1 N–H and O–H groups in total. The lowest BCUT2D eigenvalue weighted by Crippen LogP contribution is -2.39. The topological polar surface area (TPSA) is 55.6 Å². The standard InChI is InChI=1S/C23H25F2N5.H2/c1-13(2)30-14(3)28-21-18(24)9-15(10-20(21)30)16-5-6-19-17(16)11-26-22(29-19)27-12-23(25)7-4-8-23;/h5,9-11,13H,4,6-8,12H2,1-3H3,(H,26,27,29);1H. The number of rotatable bonds is 5. The van der Waals surface area contributed by atoms with E-state index in [2.05, 4.69) is 44.8 Å². The molecule has 5 rings (SSSR count). The van der Waals surface area contributed by atoms with Crippen molar-refractivity contribution in [3.63, 3.8) is 0 Å². The third-order valence-electron chi connectivity index (χ3n) is 6.22. The Morgan fingerprint density at radius 3 is 2.77 bits per heavy atom. The zero-order valence-corrected chi connectivity index (χ0v) is 17.5. The van der Waals surface area contributed by atoms with Gasteiger partial charge in [0.15, 0.2) is 5.82 Å². The maximum absolute atomic E-state index is 14.9. The Morgan fingerprint density at radius 2 is 2.07 bits per heavy atom. The second kappa shape index (κ2) is 6.86. The summed E-state index contributed by atoms with van der Waals surface area (Å²) in [6, 6.07) is 3.71. The van der Waals surface area contributed by atoms with E-state index in [1.165, 1.54) is 6.07 Å². The zero-order chi connectivity index (χ0) is 21.0. The minimum absolute atomic E-state index is 0. The van der Waals surface area contributed by atoms with E-state index >= 15 is 0 Å². The molecule has 30 heavy (non-hydrogen) atoms. The quantitative estimate of drug-likeness (QED) is 0.611. The molecule has 0 radical (unpaired) electrons. The highest BCUT2D eigenvalue weighted by molar-refractivity contribution is 5.89. The number of benzene rings is 1. The summed E-state index contributed by atoms with van der Waals surface area (Å²) < 4.78 is 31.2. The Bertz CT molecular complexity index is 1180. The fraction of sp³-hybridized carbons (Fsp3) is 0.435. The van der Waals surface area contributed by atoms with E-state index in [-0.39, 0.29) is 19.8 Å². The van der Waals surface area contributed by atoms with Crippen LogP contribution in [0.15, 0.2) is 24.4 Å². The van der Waals surface area contributed by atoms with Crippen LogP contribution in [0.4, 0.5) is 14.7 Å². The summed E-state index contributed by atoms with van der Waals surface area (Å²) in [6.45, 7) is 6.27. The first-order valence-corrected chi connectivity index (χ1v) is 10.5. The van der Waals surface area contributed by atoms with E-state index in [0.29, 0.717) is 30.7 Å². The molecule has 2 aliphatic rings. The lowest BCUT2D eigenvalue weighted by molar-refractivity contribution is 0.0782. The first-order valence-electron chi connectivity index (χ1n) is 10.5. The van der Waals surface area contributed by atoms with Gasteiger partial charge in [-0.15, -0.1) is 0 Å². The number of aromatic nitrogens is 4. The fourth-order valence-electron chi connectivity index (χ4n) is 4.52. The van der Waals surface area contributed by atoms with E-state index in [1.807, 2.05) is 13.0 Å². The third-order valence-corrected chi connectivity index (χ3v) is 6.22. The van der Waals surface area contributed by atoms with E-state index < -0.39 is 5.67 Å². The van der Waals surface area contributed by atoms with Crippen LogP contribution in [0.2, 0.25) is 0 Å². The van der Waals surface area contributed by atoms with Crippen LogP contribution in [0, 0.1) is 12.7 Å². The van der Waals surface area contributed by atoms with Crippen LogP contribution in [-0.2, 0) is 6.42 Å². The van der Waals surface area contributed by atoms with Gasteiger partial charge in [-0.2, -0.15) is 0 Å². The Balaban J connectivity index is 0.00000231. The number of imidazole rings is 1. The normalized spacial score (nSPS) is 17.2. The van der Waals surface area contributed by atoms with Crippen molar-refractivity contribution in [2.75, 3.05) is 11.9 Å². The van der Waals surface area contributed by atoms with Crippen molar-refractivity contribution in [1.29, 1.82) is 0 Å². The zero-order valence-electron chi connectivity index (χ0n) is 17.5. The summed E-state index contributed by atoms with van der Waals surface area (Å²) in [7, 11) is 0. The van der Waals surface area contributed by atoms with Crippen molar-refractivity contribution >= 4 is 22.6 Å². The number of fused-ring (bicyclic) bond motifs is 2. The molecule has 2 aliphatic carbocycles. The summed E-state index contributed by atoms with van der Waals surface area (Å²) in [5, 5.41) is 3.04. The first-order chi connectivity index (χ1) is 14.3. The van der Waals surface area contributed by atoms with Gasteiger partial charge in [0.05, 0.1) is 17.8 Å². The lowest BCUT2D eigenvalue weighted by Gasteiger charge is -2.33. The van der Waals surface area contributed by atoms with Crippen LogP contribution >= 0.6 is 0 Å². The molecule has 2 heterocycles. The summed E-state index contributed by atoms with van der Waals surface area (Å²) in [5.74, 6) is 0.919. The highest BCUT2D eigenvalue weighted by Crippen LogP contribution is 2.37. The molecule has 0 atom stereocenters. The van der Waals surface area contributed by atoms with E-state index in [9.17, 15) is 8.78 Å². The summed E-state index contributed by atoms with van der Waals surface area (Å²) in [5.41, 5.74) is 3.55. The number of hydrogen-bond donors (Lipinski definition) is 1. The van der Waals surface area contributed by atoms with E-state index in [4.69, 9.17) is 0 Å². The number of nitrogens with zero attached hydrogens (tertiary/aromatic N) is 4. The fourth-order valence-corrected chi connectivity index (χ4v) is 4.52. The molecule has 0 unspecified atom stereocenters. The number of anilines is 1. The van der Waals surface area contributed by atoms with Gasteiger partial charge in [0.25, 0.3) is 0 Å². The van der Waals surface area contributed by atoms with Crippen molar-refractivity contribution in [1.82, 2.24) is 19.5 Å². The van der Waals surface area contributed by atoms with Crippen molar-refractivity contribution < 1.29 is 10.2 Å². The second-order valence-electron chi connectivity index (χ2n) is 8.68. The molecule has 0 saturated heterocycles. The SMILES string of the molecule is Cc1nc2c(F)cc(C3=CCc4nc(NCC5(F)CCC5)ncc43)cc2n1C(C)C.[HH]. The molecule has 0 aliphatic heterocycles. The highest BCUT2D eigenvalue weighted by Gasteiger charge is 2.36. The third kappa shape index (κ3) is 3.07. The van der Waals surface area contributed by atoms with Crippen LogP contribution in [0.3, 0.4) is 0 Å². The molecule has 158 valence electrons. The Labute approximate surface area is 175 Å². The van der Waals surface area contributed by atoms with Crippen molar-refractivity contribution in [3.8, 4) is 0 Å². The Kier molecular flexibility index (Phi) is 4.38. The van der Waals surface area contributed by atoms with Gasteiger partial charge in [-0.1, -0.05) is 6.08 Å². The summed E-state index contributed by atoms with van der Waals surface area (Å²) in [4.78, 5) is 13.4. The molecular formula is C23H27F2N5. The molecule has 1 fully saturated rings. The van der Waals surface area contributed by atoms with E-state index in [0.717, 1.165) is 40.2 Å². The number of alkyl halides is 1. The molecule has 0 amide bonds. The van der Waals surface area contributed by atoms with Gasteiger partial charge < -0.3 is 9.88 Å². The average molecular weight is 412 g/mol. The molecule has 2 aromatic heterocycles. The van der Waals surface area contributed by atoms with Gasteiger partial charge in [0.1, 0.15) is 17.0 Å². The molecule has 0 bridgehead atoms. The van der Waals surface area contributed by atoms with Crippen LogP contribution in [0.1, 0.15) is 63.2 Å². The van der Waals surface area contributed by atoms with Gasteiger partial charge in [-0.25, -0.2) is 23.7 Å². The van der Waals surface area contributed by atoms with Crippen LogP contribution in [0.25, 0.3) is 16.6 Å². The van der Waals surface area contributed by atoms with Crippen LogP contribution in [0.5, 0.6) is 0 Å². The highest BCUT2D eigenvalue weighted by atomic mass is 19.1. The van der Waals surface area contributed by atoms with Crippen molar-refractivity contribution in [2.45, 2.75) is 58.2 Å². The molecule has 0 spiro atoms. The van der Waals surface area contributed by atoms with Crippen LogP contribution in [-0.4, -0.2) is 31.7 Å². The van der Waals surface area contributed by atoms with Gasteiger partial charge in [-0.3, -0.25) is 0 Å². The molecule has 3 aromatic rings. The number of halogens is 2. The smallest absolute Gasteiger partial charge is 0.223 e. The molecule has 1 aromatic carbocycles. The minimum atomic E-state index is -1.13. The van der Waals surface area contributed by atoms with Gasteiger partial charge in [0, 0.05) is 25.6 Å². The molecule has 1 saturated carbocycles. The molecular weight excluding hydrogens is 384 g/mol. The van der Waals surface area contributed by atoms with Gasteiger partial charge >= 0.3 is 0 Å². The largest absolute Gasteiger partial charge is 0.351 e. The lowest BCUT2D eigenvalue weighted by atomic mass is 9.82. The van der Waals surface area contributed by atoms with Crippen molar-refractivity contribution in [2.24, 2.45) is 0 Å². The number of nitrogens with one attached hydrogen (secondary N) is 1. The predicted octanol–water partition coefficient (Wildman–Crippen LogP) is 5.39. The number of allylic oxidation sites excluding steroid dienone is 1. The summed E-state index contributed by atoms with van der Waals surface area (Å²) in [6.07, 6.45) is 6.57. The molecule has 5 nitrogen and oxygen atoms in total. The Hall–Kier alpha value is -2.83. The van der Waals surface area contributed by atoms with Crippen molar-refractivity contribution in [3.05, 3.63) is 52.9 Å². The van der Waals surface area contributed by atoms with Crippen LogP contribution < -0.4 is 5.32 Å². The Morgan fingerprint density at radius 1 is 1.27 bits per heavy atom. The number of hydrogen-bond acceptors (Lipinski definition) is 4. The maximum atomic E-state index is 14.9. The monoisotopic (exact) mass is 411 g/mol. The van der Waals surface area contributed by atoms with Gasteiger partial charge in [-0.05, 0) is 63.3 Å². The maximum Gasteiger partial charge on any atom is 0.223 e. The second-order valence-corrected chi connectivity index (χ2v) is 8.68. The first kappa shape index (κ1) is 19.2. The van der Waals surface area contributed by atoms with Gasteiger partial charge in [0.2, 0.25) is 5.95 Å². The summed E-state index contributed by atoms with van der Waals surface area (Å²) >= 11 is 0. The van der Waals surface area contributed by atoms with E-state index in [1.54, 1.807) is 6.20 Å². The average Bonchev–Trinajstić information content (AvgIpc) is 3.25. The number of aryl methyl sites for hydroxylation is 1. The molecule has 7 heteroatoms.